The number of carbonyl (C=O) groups is 2. The summed E-state index contributed by atoms with van der Waals surface area (Å²) < 4.78 is 0. The highest BCUT2D eigenvalue weighted by Crippen LogP contribution is 2.15. The minimum atomic E-state index is -0.153. The third-order valence-corrected chi connectivity index (χ3v) is 8.99. The van der Waals surface area contributed by atoms with Gasteiger partial charge in [-0.2, -0.15) is 0 Å². The van der Waals surface area contributed by atoms with E-state index in [1.807, 2.05) is 0 Å². The summed E-state index contributed by atoms with van der Waals surface area (Å²) in [6, 6.07) is 7.09. The molecule has 0 radical (unpaired) electrons. The first kappa shape index (κ1) is 47.9. The number of nitrogen functional groups attached to an aromatic ring is 2. The fraction of sp³-hybridized carbons (Fsp3) is 0.810. The molecule has 1 aromatic rings. The van der Waals surface area contributed by atoms with Crippen LogP contribution in [0.2, 0.25) is 0 Å². The van der Waals surface area contributed by atoms with Crippen LogP contribution < -0.4 is 22.9 Å². The van der Waals surface area contributed by atoms with Gasteiger partial charge in [0.1, 0.15) is 0 Å². The maximum absolute atomic E-state index is 10.6. The monoisotopic (exact) mass is 675 g/mol. The minimum absolute atomic E-state index is 0.153. The molecule has 0 aliphatic carbocycles. The van der Waals surface area contributed by atoms with Gasteiger partial charge in [-0.15, -0.1) is 0 Å². The van der Waals surface area contributed by atoms with Crippen molar-refractivity contribution in [1.29, 1.82) is 0 Å². The zero-order valence-electron chi connectivity index (χ0n) is 32.1. The Labute approximate surface area is 298 Å². The number of hydrogen-bond acceptors (Lipinski definition) is 4. The Morgan fingerprint density at radius 2 is 0.521 bits per heavy atom. The first-order valence-corrected chi connectivity index (χ1v) is 20.5. The fourth-order valence-electron chi connectivity index (χ4n) is 5.84. The first-order valence-electron chi connectivity index (χ1n) is 20.5. The van der Waals surface area contributed by atoms with E-state index in [-0.39, 0.29) is 11.8 Å². The summed E-state index contributed by atoms with van der Waals surface area (Å²) in [5.74, 6) is -0.306. The Bertz CT molecular complexity index is 719. The second kappa shape index (κ2) is 40.9. The second-order valence-electron chi connectivity index (χ2n) is 14.0. The lowest BCUT2D eigenvalue weighted by molar-refractivity contribution is -0.119. The molecule has 0 spiro atoms. The lowest BCUT2D eigenvalue weighted by atomic mass is 10.0. The predicted molar refractivity (Wildman–Crippen MR) is 213 cm³/mol. The van der Waals surface area contributed by atoms with Gasteiger partial charge in [0.15, 0.2) is 0 Å². The predicted octanol–water partition coefficient (Wildman–Crippen LogP) is 12.3. The summed E-state index contributed by atoms with van der Waals surface area (Å²) in [6.45, 7) is 4.55. The maximum Gasteiger partial charge on any atom is 0.217 e. The van der Waals surface area contributed by atoms with E-state index in [0.29, 0.717) is 12.8 Å². The lowest BCUT2D eigenvalue weighted by Crippen LogP contribution is -2.09. The van der Waals surface area contributed by atoms with E-state index in [0.717, 1.165) is 24.2 Å². The Morgan fingerprint density at radius 1 is 0.354 bits per heavy atom. The Kier molecular flexibility index (Phi) is 40.8. The molecule has 8 N–H and O–H groups in total. The molecule has 6 nitrogen and oxygen atoms in total. The SMILES string of the molecule is CCCCCCCCCCCCCCCCCC(N)=O.CCCCCCCCCCCCCCCCCC(N)=O.Nc1ccc(N)cc1. The number of primary amides is 2. The molecule has 0 fully saturated rings. The number of benzene rings is 1. The summed E-state index contributed by atoms with van der Waals surface area (Å²) in [4.78, 5) is 21.1. The van der Waals surface area contributed by atoms with Crippen LogP contribution in [0, 0.1) is 0 Å². The standard InChI is InChI=1S/2C18H37NO.C6H8N2/c2*1-2-3-4-5-6-7-8-9-10-11-12-13-14-15-16-17-18(19)20;7-5-1-2-6(8)4-3-5/h2*2-17H2,1H3,(H2,19,20);1-4H,7-8H2. The zero-order valence-corrected chi connectivity index (χ0v) is 32.1. The highest BCUT2D eigenvalue weighted by molar-refractivity contribution is 5.73. The molecule has 2 amide bonds. The van der Waals surface area contributed by atoms with E-state index < -0.39 is 0 Å². The average Bonchev–Trinajstić information content (AvgIpc) is 3.06. The van der Waals surface area contributed by atoms with Crippen molar-refractivity contribution in [2.45, 2.75) is 219 Å². The highest BCUT2D eigenvalue weighted by atomic mass is 16.1. The Balaban J connectivity index is 0. The Hall–Kier alpha value is -2.24. The normalized spacial score (nSPS) is 10.5. The van der Waals surface area contributed by atoms with E-state index in [2.05, 4.69) is 13.8 Å². The van der Waals surface area contributed by atoms with Crippen molar-refractivity contribution in [3.63, 3.8) is 0 Å². The van der Waals surface area contributed by atoms with Gasteiger partial charge in [0.05, 0.1) is 0 Å². The topological polar surface area (TPSA) is 138 Å². The van der Waals surface area contributed by atoms with Crippen LogP contribution in [0.4, 0.5) is 11.4 Å². The van der Waals surface area contributed by atoms with E-state index in [4.69, 9.17) is 22.9 Å². The number of carbonyl (C=O) groups excluding carboxylic acids is 2. The number of amides is 2. The number of rotatable bonds is 32. The van der Waals surface area contributed by atoms with Crippen molar-refractivity contribution in [3.05, 3.63) is 24.3 Å². The molecule has 0 saturated heterocycles. The molecule has 0 heterocycles. The van der Waals surface area contributed by atoms with Gasteiger partial charge in [0.25, 0.3) is 0 Å². The third-order valence-electron chi connectivity index (χ3n) is 8.99. The second-order valence-corrected chi connectivity index (χ2v) is 14.0. The summed E-state index contributed by atoms with van der Waals surface area (Å²) in [7, 11) is 0. The number of anilines is 2. The molecule has 282 valence electrons. The molecule has 0 unspecified atom stereocenters. The number of hydrogen-bond donors (Lipinski definition) is 4. The molecule has 0 bridgehead atoms. The van der Waals surface area contributed by atoms with Crippen LogP contribution in [-0.2, 0) is 9.59 Å². The summed E-state index contributed by atoms with van der Waals surface area (Å²) in [5, 5.41) is 0. The van der Waals surface area contributed by atoms with Crippen molar-refractivity contribution >= 4 is 23.2 Å². The molecule has 1 aromatic carbocycles. The lowest BCUT2D eigenvalue weighted by Gasteiger charge is -2.03. The summed E-state index contributed by atoms with van der Waals surface area (Å²) in [5.41, 5.74) is 22.5. The quantitative estimate of drug-likeness (QED) is 0.0446. The molecule has 0 saturated carbocycles. The maximum atomic E-state index is 10.6. The minimum Gasteiger partial charge on any atom is -0.399 e. The van der Waals surface area contributed by atoms with E-state index in [1.165, 1.54) is 180 Å². The van der Waals surface area contributed by atoms with Crippen molar-refractivity contribution in [2.24, 2.45) is 11.5 Å². The fourth-order valence-corrected chi connectivity index (χ4v) is 5.84. The van der Waals surface area contributed by atoms with Crippen molar-refractivity contribution in [1.82, 2.24) is 0 Å². The van der Waals surface area contributed by atoms with Gasteiger partial charge in [-0.25, -0.2) is 0 Å². The molecule has 0 aliphatic heterocycles. The van der Waals surface area contributed by atoms with E-state index in [1.54, 1.807) is 24.3 Å². The number of unbranched alkanes of at least 4 members (excludes halogenated alkanes) is 28. The molecule has 48 heavy (non-hydrogen) atoms. The molecule has 0 aliphatic rings. The van der Waals surface area contributed by atoms with Crippen LogP contribution in [-0.4, -0.2) is 11.8 Å². The highest BCUT2D eigenvalue weighted by Gasteiger charge is 1.97. The van der Waals surface area contributed by atoms with Gasteiger partial charge in [-0.3, -0.25) is 9.59 Å². The van der Waals surface area contributed by atoms with Crippen LogP contribution in [0.1, 0.15) is 219 Å². The van der Waals surface area contributed by atoms with Crippen LogP contribution in [0.15, 0.2) is 24.3 Å². The average molecular weight is 675 g/mol. The number of nitrogens with two attached hydrogens (primary N) is 4. The smallest absolute Gasteiger partial charge is 0.217 e. The van der Waals surface area contributed by atoms with Crippen LogP contribution >= 0.6 is 0 Å². The van der Waals surface area contributed by atoms with Gasteiger partial charge < -0.3 is 22.9 Å². The zero-order chi connectivity index (χ0) is 35.8. The molecule has 1 rings (SSSR count). The van der Waals surface area contributed by atoms with E-state index >= 15 is 0 Å². The third kappa shape index (κ3) is 45.9. The van der Waals surface area contributed by atoms with Crippen molar-refractivity contribution < 1.29 is 9.59 Å². The first-order chi connectivity index (χ1) is 23.3. The summed E-state index contributed by atoms with van der Waals surface area (Å²) >= 11 is 0. The van der Waals surface area contributed by atoms with Crippen LogP contribution in [0.25, 0.3) is 0 Å². The van der Waals surface area contributed by atoms with Gasteiger partial charge in [0.2, 0.25) is 11.8 Å². The van der Waals surface area contributed by atoms with Crippen LogP contribution in [0.3, 0.4) is 0 Å². The molecule has 0 aromatic heterocycles. The molecular formula is C42H82N4O2. The van der Waals surface area contributed by atoms with Crippen LogP contribution in [0.5, 0.6) is 0 Å². The van der Waals surface area contributed by atoms with E-state index in [9.17, 15) is 9.59 Å². The molecule has 0 atom stereocenters. The van der Waals surface area contributed by atoms with Gasteiger partial charge in [-0.1, -0.05) is 194 Å². The molecular weight excluding hydrogens is 592 g/mol. The van der Waals surface area contributed by atoms with Crippen molar-refractivity contribution in [2.75, 3.05) is 11.5 Å². The largest absolute Gasteiger partial charge is 0.399 e. The molecule has 6 heteroatoms. The van der Waals surface area contributed by atoms with Crippen molar-refractivity contribution in [3.8, 4) is 0 Å². The van der Waals surface area contributed by atoms with Gasteiger partial charge in [0, 0.05) is 24.2 Å². The van der Waals surface area contributed by atoms with Gasteiger partial charge >= 0.3 is 0 Å². The van der Waals surface area contributed by atoms with Gasteiger partial charge in [-0.05, 0) is 37.1 Å². The summed E-state index contributed by atoms with van der Waals surface area (Å²) in [6.07, 6.45) is 41.8. The Morgan fingerprint density at radius 3 is 0.688 bits per heavy atom.